The van der Waals surface area contributed by atoms with Gasteiger partial charge in [-0.25, -0.2) is 0 Å². The van der Waals surface area contributed by atoms with E-state index < -0.39 is 0 Å². The summed E-state index contributed by atoms with van der Waals surface area (Å²) in [4.78, 5) is 0. The molecular weight excluding hydrogens is 262 g/mol. The van der Waals surface area contributed by atoms with Crippen molar-refractivity contribution in [3.05, 3.63) is 29.3 Å². The van der Waals surface area contributed by atoms with Crippen molar-refractivity contribution in [1.82, 2.24) is 0 Å². The SMILES string of the molecule is CC(C)(C#N)CCCCOc1ccc2c(c1)[C@@H](O)CCC2. The highest BCUT2D eigenvalue weighted by atomic mass is 16.5. The number of aliphatic hydroxyl groups is 1. The summed E-state index contributed by atoms with van der Waals surface area (Å²) in [6.45, 7) is 4.61. The number of hydrogen-bond acceptors (Lipinski definition) is 3. The van der Waals surface area contributed by atoms with Gasteiger partial charge in [0.25, 0.3) is 0 Å². The van der Waals surface area contributed by atoms with Crippen LogP contribution in [0.4, 0.5) is 0 Å². The summed E-state index contributed by atoms with van der Waals surface area (Å²) in [5.74, 6) is 0.842. The first kappa shape index (κ1) is 15.9. The van der Waals surface area contributed by atoms with Crippen molar-refractivity contribution >= 4 is 0 Å². The fourth-order valence-electron chi connectivity index (χ4n) is 2.76. The third-order valence-corrected chi connectivity index (χ3v) is 4.17. The molecule has 0 aliphatic heterocycles. The van der Waals surface area contributed by atoms with Gasteiger partial charge in [-0.2, -0.15) is 5.26 Å². The van der Waals surface area contributed by atoms with Gasteiger partial charge >= 0.3 is 0 Å². The Hall–Kier alpha value is -1.53. The summed E-state index contributed by atoms with van der Waals surface area (Å²) in [6, 6.07) is 8.38. The third kappa shape index (κ3) is 4.47. The zero-order chi connectivity index (χ0) is 15.3. The van der Waals surface area contributed by atoms with Crippen molar-refractivity contribution in [1.29, 1.82) is 5.26 Å². The minimum Gasteiger partial charge on any atom is -0.494 e. The molecule has 1 aliphatic rings. The molecular formula is C18H25NO2. The van der Waals surface area contributed by atoms with E-state index in [9.17, 15) is 5.11 Å². The van der Waals surface area contributed by atoms with Gasteiger partial charge in [-0.15, -0.1) is 0 Å². The van der Waals surface area contributed by atoms with E-state index in [1.54, 1.807) is 0 Å². The third-order valence-electron chi connectivity index (χ3n) is 4.17. The number of rotatable bonds is 6. The van der Waals surface area contributed by atoms with Crippen molar-refractivity contribution in [2.75, 3.05) is 6.61 Å². The Labute approximate surface area is 127 Å². The van der Waals surface area contributed by atoms with Crippen LogP contribution in [0.1, 0.15) is 63.2 Å². The van der Waals surface area contributed by atoms with Crippen LogP contribution in [0.15, 0.2) is 18.2 Å². The van der Waals surface area contributed by atoms with E-state index >= 15 is 0 Å². The van der Waals surface area contributed by atoms with Gasteiger partial charge in [0.05, 0.1) is 24.2 Å². The average molecular weight is 287 g/mol. The lowest BCUT2D eigenvalue weighted by Gasteiger charge is -2.22. The maximum atomic E-state index is 10.0. The van der Waals surface area contributed by atoms with Gasteiger partial charge in [0.15, 0.2) is 0 Å². The molecule has 0 saturated heterocycles. The Bertz CT molecular complexity index is 516. The van der Waals surface area contributed by atoms with Crippen molar-refractivity contribution in [3.8, 4) is 11.8 Å². The minimum absolute atomic E-state index is 0.240. The molecule has 0 radical (unpaired) electrons. The summed E-state index contributed by atoms with van der Waals surface area (Å²) in [6.07, 6.45) is 5.46. The second kappa shape index (κ2) is 6.95. The smallest absolute Gasteiger partial charge is 0.119 e. The maximum absolute atomic E-state index is 10.0. The van der Waals surface area contributed by atoms with Gasteiger partial charge in [0, 0.05) is 0 Å². The molecule has 1 aliphatic carbocycles. The first-order valence-corrected chi connectivity index (χ1v) is 7.87. The molecule has 1 N–H and O–H groups in total. The van der Waals surface area contributed by atoms with Crippen molar-refractivity contribution < 1.29 is 9.84 Å². The Balaban J connectivity index is 1.79. The van der Waals surface area contributed by atoms with E-state index in [1.165, 1.54) is 5.56 Å². The molecule has 114 valence electrons. The highest BCUT2D eigenvalue weighted by molar-refractivity contribution is 5.38. The summed E-state index contributed by atoms with van der Waals surface area (Å²) < 4.78 is 5.77. The van der Waals surface area contributed by atoms with E-state index in [-0.39, 0.29) is 11.5 Å². The van der Waals surface area contributed by atoms with E-state index in [1.807, 2.05) is 26.0 Å². The van der Waals surface area contributed by atoms with Crippen molar-refractivity contribution in [3.63, 3.8) is 0 Å². The highest BCUT2D eigenvalue weighted by Gasteiger charge is 2.18. The molecule has 2 rings (SSSR count). The normalized spacial score (nSPS) is 17.9. The molecule has 1 aromatic rings. The molecule has 21 heavy (non-hydrogen) atoms. The first-order chi connectivity index (χ1) is 10.0. The monoisotopic (exact) mass is 287 g/mol. The van der Waals surface area contributed by atoms with Crippen LogP contribution in [0.3, 0.4) is 0 Å². The summed E-state index contributed by atoms with van der Waals surface area (Å²) in [5, 5.41) is 19.0. The molecule has 1 aromatic carbocycles. The average Bonchev–Trinajstić information content (AvgIpc) is 2.47. The van der Waals surface area contributed by atoms with Crippen LogP contribution in [0.2, 0.25) is 0 Å². The second-order valence-electron chi connectivity index (χ2n) is 6.57. The number of fused-ring (bicyclic) bond motifs is 1. The van der Waals surface area contributed by atoms with Gasteiger partial charge in [-0.05, 0) is 75.6 Å². The summed E-state index contributed by atoms with van der Waals surface area (Å²) in [7, 11) is 0. The van der Waals surface area contributed by atoms with Gasteiger partial charge in [0.2, 0.25) is 0 Å². The number of nitriles is 1. The molecule has 0 amide bonds. The van der Waals surface area contributed by atoms with E-state index in [4.69, 9.17) is 10.00 Å². The van der Waals surface area contributed by atoms with Crippen LogP contribution in [-0.2, 0) is 6.42 Å². The fraction of sp³-hybridized carbons (Fsp3) is 0.611. The van der Waals surface area contributed by atoms with Crippen LogP contribution in [0.25, 0.3) is 0 Å². The van der Waals surface area contributed by atoms with Crippen LogP contribution in [0.5, 0.6) is 5.75 Å². The Morgan fingerprint density at radius 3 is 2.95 bits per heavy atom. The first-order valence-electron chi connectivity index (χ1n) is 7.87. The molecule has 0 aromatic heterocycles. The van der Waals surface area contributed by atoms with Gasteiger partial charge in [-0.1, -0.05) is 6.07 Å². The zero-order valence-corrected chi connectivity index (χ0v) is 13.1. The standard InChI is InChI=1S/C18H25NO2/c1-18(2,13-19)10-3-4-11-21-15-9-8-14-6-5-7-17(20)16(14)12-15/h8-9,12,17,20H,3-7,10-11H2,1-2H3/t17-/m0/s1. The molecule has 3 nitrogen and oxygen atoms in total. The number of aliphatic hydroxyl groups excluding tert-OH is 1. The lowest BCUT2D eigenvalue weighted by Crippen LogP contribution is -2.10. The van der Waals surface area contributed by atoms with Crippen LogP contribution < -0.4 is 4.74 Å². The quantitative estimate of drug-likeness (QED) is 0.799. The molecule has 0 spiro atoms. The minimum atomic E-state index is -0.339. The number of ether oxygens (including phenoxy) is 1. The maximum Gasteiger partial charge on any atom is 0.119 e. The Morgan fingerprint density at radius 1 is 1.38 bits per heavy atom. The van der Waals surface area contributed by atoms with Crippen molar-refractivity contribution in [2.24, 2.45) is 5.41 Å². The predicted molar refractivity (Wildman–Crippen MR) is 83.1 cm³/mol. The second-order valence-corrected chi connectivity index (χ2v) is 6.57. The fourth-order valence-corrected chi connectivity index (χ4v) is 2.76. The number of aryl methyl sites for hydroxylation is 1. The number of benzene rings is 1. The number of unbranched alkanes of at least 4 members (excludes halogenated alkanes) is 1. The predicted octanol–water partition coefficient (Wildman–Crippen LogP) is 4.16. The number of nitrogens with zero attached hydrogens (tertiary/aromatic N) is 1. The van der Waals surface area contributed by atoms with Crippen LogP contribution in [0, 0.1) is 16.7 Å². The zero-order valence-electron chi connectivity index (χ0n) is 13.1. The van der Waals surface area contributed by atoms with Gasteiger partial charge in [-0.3, -0.25) is 0 Å². The summed E-state index contributed by atoms with van der Waals surface area (Å²) >= 11 is 0. The molecule has 3 heteroatoms. The highest BCUT2D eigenvalue weighted by Crippen LogP contribution is 2.32. The van der Waals surface area contributed by atoms with Gasteiger partial charge < -0.3 is 9.84 Å². The van der Waals surface area contributed by atoms with E-state index in [0.29, 0.717) is 6.61 Å². The molecule has 0 unspecified atom stereocenters. The van der Waals surface area contributed by atoms with E-state index in [0.717, 1.165) is 49.8 Å². The Morgan fingerprint density at radius 2 is 2.19 bits per heavy atom. The number of hydrogen-bond donors (Lipinski definition) is 1. The molecule has 0 bridgehead atoms. The molecule has 0 fully saturated rings. The van der Waals surface area contributed by atoms with Crippen LogP contribution in [-0.4, -0.2) is 11.7 Å². The van der Waals surface area contributed by atoms with E-state index in [2.05, 4.69) is 12.1 Å². The largest absolute Gasteiger partial charge is 0.494 e. The lowest BCUT2D eigenvalue weighted by atomic mass is 9.89. The lowest BCUT2D eigenvalue weighted by molar-refractivity contribution is 0.156. The summed E-state index contributed by atoms with van der Waals surface area (Å²) in [5.41, 5.74) is 2.04. The van der Waals surface area contributed by atoms with Crippen molar-refractivity contribution in [2.45, 2.75) is 58.5 Å². The topological polar surface area (TPSA) is 53.2 Å². The Kier molecular flexibility index (Phi) is 5.25. The molecule has 0 saturated carbocycles. The molecule has 1 atom stereocenters. The molecule has 0 heterocycles. The van der Waals surface area contributed by atoms with Gasteiger partial charge in [0.1, 0.15) is 5.75 Å². The van der Waals surface area contributed by atoms with Crippen LogP contribution >= 0.6 is 0 Å².